The molecule has 1 aromatic carbocycles. The summed E-state index contributed by atoms with van der Waals surface area (Å²) in [6.45, 7) is 11.0. The van der Waals surface area contributed by atoms with Crippen LogP contribution >= 0.6 is 0 Å². The molecule has 3 heterocycles. The van der Waals surface area contributed by atoms with E-state index in [0.29, 0.717) is 5.65 Å². The maximum absolute atomic E-state index is 12.8. The lowest BCUT2D eigenvalue weighted by Crippen LogP contribution is -2.30. The second-order valence-electron chi connectivity index (χ2n) is 7.96. The number of nitrogens with one attached hydrogen (secondary N) is 1. The Morgan fingerprint density at radius 1 is 1.16 bits per heavy atom. The lowest BCUT2D eigenvalue weighted by atomic mass is 10.0. The van der Waals surface area contributed by atoms with Gasteiger partial charge in [0, 0.05) is 29.4 Å². The minimum atomic E-state index is -0.133. The van der Waals surface area contributed by atoms with Crippen molar-refractivity contribution in [2.24, 2.45) is 0 Å². The lowest BCUT2D eigenvalue weighted by Gasteiger charge is -2.14. The number of benzene rings is 1. The molecule has 0 aliphatic heterocycles. The lowest BCUT2D eigenvalue weighted by molar-refractivity contribution is -0.122. The van der Waals surface area contributed by atoms with Gasteiger partial charge in [0.05, 0.1) is 17.9 Å². The van der Waals surface area contributed by atoms with E-state index in [2.05, 4.69) is 52.5 Å². The van der Waals surface area contributed by atoms with Gasteiger partial charge in [-0.2, -0.15) is 10.2 Å². The molecule has 7 nitrogen and oxygen atoms in total. The van der Waals surface area contributed by atoms with Crippen molar-refractivity contribution < 1.29 is 4.79 Å². The molecular weight excluding hydrogens is 388 g/mol. The van der Waals surface area contributed by atoms with E-state index in [0.717, 1.165) is 40.0 Å². The van der Waals surface area contributed by atoms with Crippen molar-refractivity contribution in [2.45, 2.75) is 53.8 Å². The molecule has 1 unspecified atom stereocenters. The number of hydrogen-bond acceptors (Lipinski definition) is 4. The Labute approximate surface area is 182 Å². The van der Waals surface area contributed by atoms with Crippen LogP contribution in [0.5, 0.6) is 0 Å². The molecule has 0 radical (unpaired) electrons. The first-order valence-corrected chi connectivity index (χ1v) is 10.6. The van der Waals surface area contributed by atoms with Crippen molar-refractivity contribution in [3.8, 4) is 11.1 Å². The monoisotopic (exact) mass is 416 g/mol. The van der Waals surface area contributed by atoms with Crippen molar-refractivity contribution in [1.29, 1.82) is 0 Å². The number of carbonyl (C=O) groups is 1. The van der Waals surface area contributed by atoms with Gasteiger partial charge in [0.25, 0.3) is 0 Å². The molecule has 1 atom stereocenters. The third-order valence-corrected chi connectivity index (χ3v) is 5.72. The number of hydrogen-bond donors (Lipinski definition) is 1. The van der Waals surface area contributed by atoms with Crippen LogP contribution < -0.4 is 5.32 Å². The van der Waals surface area contributed by atoms with Crippen LogP contribution in [0.2, 0.25) is 0 Å². The molecule has 0 spiro atoms. The van der Waals surface area contributed by atoms with E-state index < -0.39 is 0 Å². The van der Waals surface area contributed by atoms with Gasteiger partial charge in [-0.25, -0.2) is 9.67 Å². The number of fused-ring (bicyclic) bond motifs is 1. The summed E-state index contributed by atoms with van der Waals surface area (Å²) in [5.74, 6) is -0.108. The predicted octanol–water partition coefficient (Wildman–Crippen LogP) is 4.12. The Kier molecular flexibility index (Phi) is 5.59. The first-order valence-electron chi connectivity index (χ1n) is 10.6. The molecular formula is C24H28N6O. The van der Waals surface area contributed by atoms with E-state index in [1.54, 1.807) is 10.9 Å². The summed E-state index contributed by atoms with van der Waals surface area (Å²) in [5, 5.41) is 13.1. The fourth-order valence-electron chi connectivity index (χ4n) is 4.15. The van der Waals surface area contributed by atoms with Gasteiger partial charge >= 0.3 is 0 Å². The van der Waals surface area contributed by atoms with E-state index in [1.807, 2.05) is 43.8 Å². The minimum absolute atomic E-state index is 0.108. The number of nitrogens with zero attached hydrogens (tertiary/aromatic N) is 5. The average molecular weight is 417 g/mol. The van der Waals surface area contributed by atoms with Crippen molar-refractivity contribution >= 4 is 16.9 Å². The van der Waals surface area contributed by atoms with Gasteiger partial charge in [0.2, 0.25) is 5.91 Å². The summed E-state index contributed by atoms with van der Waals surface area (Å²) in [4.78, 5) is 17.3. The maximum Gasteiger partial charge on any atom is 0.242 e. The molecule has 160 valence electrons. The number of carbonyl (C=O) groups excluding carboxylic acids is 1. The fraction of sp³-hybridized carbons (Fsp3) is 0.333. The molecule has 4 rings (SSSR count). The Bertz CT molecular complexity index is 1250. The predicted molar refractivity (Wildman–Crippen MR) is 122 cm³/mol. The molecule has 0 fully saturated rings. The summed E-state index contributed by atoms with van der Waals surface area (Å²) in [5.41, 5.74) is 7.07. The van der Waals surface area contributed by atoms with Crippen LogP contribution in [0.25, 0.3) is 22.2 Å². The van der Waals surface area contributed by atoms with Crippen LogP contribution in [-0.4, -0.2) is 30.5 Å². The zero-order chi connectivity index (χ0) is 22.1. The standard InChI is InChI=1S/C24H28N6O/c1-6-29-18(5)21(13-26-29)16(3)27-22(31)14-30-24-23(17(4)28-30)20(10-11-25-24)19-9-7-8-15(2)12-19/h7-13,16H,6,14H2,1-5H3,(H,27,31). The van der Waals surface area contributed by atoms with Gasteiger partial charge < -0.3 is 5.32 Å². The third kappa shape index (κ3) is 3.95. The van der Waals surface area contributed by atoms with Crippen LogP contribution in [0.15, 0.2) is 42.7 Å². The van der Waals surface area contributed by atoms with Crippen molar-refractivity contribution in [3.05, 3.63) is 65.2 Å². The second kappa shape index (κ2) is 8.34. The number of rotatable bonds is 6. The average Bonchev–Trinajstić information content (AvgIpc) is 3.27. The van der Waals surface area contributed by atoms with E-state index in [-0.39, 0.29) is 18.5 Å². The maximum atomic E-state index is 12.8. The quantitative estimate of drug-likeness (QED) is 0.513. The highest BCUT2D eigenvalue weighted by molar-refractivity contribution is 5.95. The Hall–Kier alpha value is -3.48. The molecule has 1 amide bonds. The largest absolute Gasteiger partial charge is 0.348 e. The molecule has 31 heavy (non-hydrogen) atoms. The minimum Gasteiger partial charge on any atom is -0.348 e. The highest BCUT2D eigenvalue weighted by Crippen LogP contribution is 2.30. The molecule has 1 N–H and O–H groups in total. The molecule has 3 aromatic heterocycles. The number of aryl methyl sites for hydroxylation is 3. The summed E-state index contributed by atoms with van der Waals surface area (Å²) < 4.78 is 3.62. The van der Waals surface area contributed by atoms with E-state index >= 15 is 0 Å². The number of amides is 1. The van der Waals surface area contributed by atoms with Crippen molar-refractivity contribution in [2.75, 3.05) is 0 Å². The molecule has 4 aromatic rings. The van der Waals surface area contributed by atoms with Gasteiger partial charge in [-0.05, 0) is 51.8 Å². The highest BCUT2D eigenvalue weighted by atomic mass is 16.2. The molecule has 0 aliphatic carbocycles. The van der Waals surface area contributed by atoms with Gasteiger partial charge in [0.15, 0.2) is 5.65 Å². The van der Waals surface area contributed by atoms with Crippen LogP contribution in [0, 0.1) is 20.8 Å². The Balaban J connectivity index is 1.60. The second-order valence-corrected chi connectivity index (χ2v) is 7.96. The molecule has 0 saturated heterocycles. The summed E-state index contributed by atoms with van der Waals surface area (Å²) in [6.07, 6.45) is 3.60. The summed E-state index contributed by atoms with van der Waals surface area (Å²) >= 11 is 0. The van der Waals surface area contributed by atoms with Crippen LogP contribution in [-0.2, 0) is 17.9 Å². The number of pyridine rings is 1. The topological polar surface area (TPSA) is 77.6 Å². The zero-order valence-corrected chi connectivity index (χ0v) is 18.7. The normalized spacial score (nSPS) is 12.3. The highest BCUT2D eigenvalue weighted by Gasteiger charge is 2.19. The molecule has 7 heteroatoms. The fourth-order valence-corrected chi connectivity index (χ4v) is 4.15. The zero-order valence-electron chi connectivity index (χ0n) is 18.7. The van der Waals surface area contributed by atoms with E-state index in [4.69, 9.17) is 0 Å². The van der Waals surface area contributed by atoms with E-state index in [9.17, 15) is 4.79 Å². The van der Waals surface area contributed by atoms with Crippen LogP contribution in [0.1, 0.15) is 42.4 Å². The first kappa shape index (κ1) is 20.8. The Morgan fingerprint density at radius 2 is 1.97 bits per heavy atom. The van der Waals surface area contributed by atoms with Crippen molar-refractivity contribution in [3.63, 3.8) is 0 Å². The third-order valence-electron chi connectivity index (χ3n) is 5.72. The number of aromatic nitrogens is 5. The molecule has 0 aliphatic rings. The van der Waals surface area contributed by atoms with Gasteiger partial charge in [0.1, 0.15) is 6.54 Å². The smallest absolute Gasteiger partial charge is 0.242 e. The molecule has 0 saturated carbocycles. The Morgan fingerprint density at radius 3 is 2.68 bits per heavy atom. The van der Waals surface area contributed by atoms with Crippen LogP contribution in [0.3, 0.4) is 0 Å². The van der Waals surface area contributed by atoms with E-state index in [1.165, 1.54) is 5.56 Å². The van der Waals surface area contributed by atoms with Gasteiger partial charge in [-0.3, -0.25) is 9.48 Å². The first-order chi connectivity index (χ1) is 14.9. The summed E-state index contributed by atoms with van der Waals surface area (Å²) in [6, 6.07) is 10.2. The SMILES string of the molecule is CCn1ncc(C(C)NC(=O)Cn2nc(C)c3c(-c4cccc(C)c4)ccnc32)c1C. The van der Waals surface area contributed by atoms with Crippen LogP contribution in [0.4, 0.5) is 0 Å². The molecule has 0 bridgehead atoms. The van der Waals surface area contributed by atoms with Gasteiger partial charge in [-0.15, -0.1) is 0 Å². The van der Waals surface area contributed by atoms with Crippen molar-refractivity contribution in [1.82, 2.24) is 29.9 Å². The summed E-state index contributed by atoms with van der Waals surface area (Å²) in [7, 11) is 0. The van der Waals surface area contributed by atoms with Gasteiger partial charge in [-0.1, -0.05) is 29.8 Å².